The number of carbonyl (C=O) groups is 2. The lowest BCUT2D eigenvalue weighted by atomic mass is 10.0. The molecule has 0 aliphatic rings. The summed E-state index contributed by atoms with van der Waals surface area (Å²) in [6.07, 6.45) is 1.65. The Labute approximate surface area is 220 Å². The smallest absolute Gasteiger partial charge is 0.338 e. The molecule has 0 fully saturated rings. The number of aromatic nitrogens is 3. The lowest BCUT2D eigenvalue weighted by molar-refractivity contribution is -0.119. The lowest BCUT2D eigenvalue weighted by Gasteiger charge is -2.12. The Morgan fingerprint density at radius 2 is 1.29 bits per heavy atom. The maximum Gasteiger partial charge on any atom is 0.338 e. The van der Waals surface area contributed by atoms with E-state index in [9.17, 15) is 9.59 Å². The molecule has 5 aromatic rings. The van der Waals surface area contributed by atoms with Gasteiger partial charge in [-0.1, -0.05) is 65.7 Å². The topological polar surface area (TPSA) is 94.1 Å². The molecule has 1 amide bonds. The van der Waals surface area contributed by atoms with Crippen molar-refractivity contribution in [2.45, 2.75) is 20.8 Å². The first-order chi connectivity index (χ1) is 18.4. The van der Waals surface area contributed by atoms with Crippen molar-refractivity contribution in [3.05, 3.63) is 107 Å². The van der Waals surface area contributed by atoms with Crippen LogP contribution in [0.5, 0.6) is 0 Å². The van der Waals surface area contributed by atoms with E-state index in [0.29, 0.717) is 16.9 Å². The predicted molar refractivity (Wildman–Crippen MR) is 148 cm³/mol. The molecule has 0 bridgehead atoms. The molecule has 188 valence electrons. The Balaban J connectivity index is 1.42. The fourth-order valence-electron chi connectivity index (χ4n) is 3.94. The van der Waals surface area contributed by atoms with Gasteiger partial charge in [-0.15, -0.1) is 0 Å². The van der Waals surface area contributed by atoms with E-state index in [1.165, 1.54) is 0 Å². The molecule has 2 heterocycles. The van der Waals surface area contributed by atoms with Crippen LogP contribution in [0.1, 0.15) is 27.0 Å². The van der Waals surface area contributed by atoms with E-state index < -0.39 is 18.5 Å². The van der Waals surface area contributed by atoms with Crippen LogP contribution in [0.25, 0.3) is 33.5 Å². The largest absolute Gasteiger partial charge is 0.452 e. The van der Waals surface area contributed by atoms with E-state index >= 15 is 0 Å². The van der Waals surface area contributed by atoms with Crippen LogP contribution in [-0.4, -0.2) is 33.4 Å². The van der Waals surface area contributed by atoms with Gasteiger partial charge in [0.2, 0.25) is 0 Å². The summed E-state index contributed by atoms with van der Waals surface area (Å²) in [7, 11) is 0. The standard InChI is InChI=1S/C31H26N4O3/c1-19-4-9-22(10-5-19)29-30(23-11-6-20(2)7-12-23)34-26-16-24(13-14-25(26)33-29)31(37)38-18-28(36)35-27-15-8-21(3)17-32-27/h4-17H,18H2,1-3H3,(H,32,35,36). The van der Waals surface area contributed by atoms with Crippen molar-refractivity contribution in [1.82, 2.24) is 15.0 Å². The quantitative estimate of drug-likeness (QED) is 0.283. The lowest BCUT2D eigenvalue weighted by Crippen LogP contribution is -2.21. The van der Waals surface area contributed by atoms with Crippen molar-refractivity contribution in [3.8, 4) is 22.5 Å². The number of hydrogen-bond donors (Lipinski definition) is 1. The van der Waals surface area contributed by atoms with E-state index in [2.05, 4.69) is 10.3 Å². The van der Waals surface area contributed by atoms with E-state index in [4.69, 9.17) is 14.7 Å². The fourth-order valence-corrected chi connectivity index (χ4v) is 3.94. The molecule has 0 saturated carbocycles. The first-order valence-corrected chi connectivity index (χ1v) is 12.2. The number of rotatable bonds is 6. The molecule has 1 N–H and O–H groups in total. The SMILES string of the molecule is Cc1ccc(-c2nc3ccc(C(=O)OCC(=O)Nc4ccc(C)cn4)cc3nc2-c2ccc(C)cc2)cc1. The molecular formula is C31H26N4O3. The summed E-state index contributed by atoms with van der Waals surface area (Å²) < 4.78 is 5.24. The first kappa shape index (κ1) is 24.8. The molecule has 0 saturated heterocycles. The first-order valence-electron chi connectivity index (χ1n) is 12.2. The number of esters is 1. The zero-order valence-corrected chi connectivity index (χ0v) is 21.4. The number of fused-ring (bicyclic) bond motifs is 1. The minimum Gasteiger partial charge on any atom is -0.452 e. The number of nitrogens with one attached hydrogen (secondary N) is 1. The third kappa shape index (κ3) is 5.57. The van der Waals surface area contributed by atoms with Crippen LogP contribution in [0.3, 0.4) is 0 Å². The van der Waals surface area contributed by atoms with Gasteiger partial charge in [0.1, 0.15) is 5.82 Å². The Morgan fingerprint density at radius 3 is 1.87 bits per heavy atom. The maximum atomic E-state index is 12.7. The van der Waals surface area contributed by atoms with E-state index in [-0.39, 0.29) is 5.56 Å². The zero-order chi connectivity index (χ0) is 26.6. The van der Waals surface area contributed by atoms with Gasteiger partial charge in [-0.3, -0.25) is 4.79 Å². The van der Waals surface area contributed by atoms with E-state index in [1.54, 1.807) is 30.5 Å². The third-order valence-electron chi connectivity index (χ3n) is 6.06. The van der Waals surface area contributed by atoms with Crippen LogP contribution < -0.4 is 5.32 Å². The minimum absolute atomic E-state index is 0.283. The van der Waals surface area contributed by atoms with Gasteiger partial charge in [-0.25, -0.2) is 19.7 Å². The highest BCUT2D eigenvalue weighted by molar-refractivity contribution is 5.97. The summed E-state index contributed by atoms with van der Waals surface area (Å²) in [5.41, 5.74) is 8.13. The van der Waals surface area contributed by atoms with Gasteiger partial charge in [0, 0.05) is 17.3 Å². The Hall–Kier alpha value is -4.91. The Morgan fingerprint density at radius 1 is 0.711 bits per heavy atom. The molecule has 7 nitrogen and oxygen atoms in total. The average Bonchev–Trinajstić information content (AvgIpc) is 2.93. The van der Waals surface area contributed by atoms with Gasteiger partial charge in [0.25, 0.3) is 5.91 Å². The molecule has 0 aliphatic carbocycles. The molecule has 0 radical (unpaired) electrons. The van der Waals surface area contributed by atoms with Crippen molar-refractivity contribution in [1.29, 1.82) is 0 Å². The van der Waals surface area contributed by atoms with Gasteiger partial charge in [-0.05, 0) is 50.6 Å². The highest BCUT2D eigenvalue weighted by atomic mass is 16.5. The molecule has 7 heteroatoms. The zero-order valence-electron chi connectivity index (χ0n) is 21.4. The average molecular weight is 503 g/mol. The van der Waals surface area contributed by atoms with E-state index in [1.807, 2.05) is 75.4 Å². The fraction of sp³-hybridized carbons (Fsp3) is 0.129. The third-order valence-corrected chi connectivity index (χ3v) is 6.06. The summed E-state index contributed by atoms with van der Waals surface area (Å²) in [5, 5.41) is 2.61. The van der Waals surface area contributed by atoms with Gasteiger partial charge in [-0.2, -0.15) is 0 Å². The summed E-state index contributed by atoms with van der Waals surface area (Å²) in [5.74, 6) is -0.703. The number of hydrogen-bond acceptors (Lipinski definition) is 6. The number of benzene rings is 3. The minimum atomic E-state index is -0.625. The molecule has 3 aromatic carbocycles. The number of pyridine rings is 1. The van der Waals surface area contributed by atoms with Crippen LogP contribution in [0.2, 0.25) is 0 Å². The molecular weight excluding hydrogens is 476 g/mol. The highest BCUT2D eigenvalue weighted by Crippen LogP contribution is 2.31. The molecule has 5 rings (SSSR count). The molecule has 0 atom stereocenters. The molecule has 0 aliphatic heterocycles. The number of ether oxygens (including phenoxy) is 1. The summed E-state index contributed by atoms with van der Waals surface area (Å²) in [6.45, 7) is 5.55. The van der Waals surface area contributed by atoms with Crippen molar-refractivity contribution in [3.63, 3.8) is 0 Å². The van der Waals surface area contributed by atoms with Crippen molar-refractivity contribution >= 4 is 28.7 Å². The number of carbonyl (C=O) groups excluding carboxylic acids is 2. The van der Waals surface area contributed by atoms with Crippen LogP contribution in [0, 0.1) is 20.8 Å². The monoisotopic (exact) mass is 502 g/mol. The highest BCUT2D eigenvalue weighted by Gasteiger charge is 2.16. The molecule has 0 spiro atoms. The molecule has 38 heavy (non-hydrogen) atoms. The van der Waals surface area contributed by atoms with Crippen molar-refractivity contribution in [2.24, 2.45) is 0 Å². The van der Waals surface area contributed by atoms with Crippen LogP contribution in [-0.2, 0) is 9.53 Å². The summed E-state index contributed by atoms with van der Waals surface area (Å²) in [4.78, 5) is 38.9. The van der Waals surface area contributed by atoms with Crippen LogP contribution in [0.4, 0.5) is 5.82 Å². The molecule has 2 aromatic heterocycles. The number of anilines is 1. The van der Waals surface area contributed by atoms with Crippen LogP contribution in [0.15, 0.2) is 85.1 Å². The second-order valence-corrected chi connectivity index (χ2v) is 9.20. The van der Waals surface area contributed by atoms with Crippen LogP contribution >= 0.6 is 0 Å². The second kappa shape index (κ2) is 10.6. The summed E-state index contributed by atoms with van der Waals surface area (Å²) >= 11 is 0. The van der Waals surface area contributed by atoms with Gasteiger partial charge in [0.15, 0.2) is 6.61 Å². The molecule has 0 unspecified atom stereocenters. The Bertz CT molecular complexity index is 1630. The normalized spacial score (nSPS) is 10.8. The van der Waals surface area contributed by atoms with Gasteiger partial charge >= 0.3 is 5.97 Å². The summed E-state index contributed by atoms with van der Waals surface area (Å²) in [6, 6.07) is 24.8. The van der Waals surface area contributed by atoms with Crippen molar-refractivity contribution < 1.29 is 14.3 Å². The number of amides is 1. The van der Waals surface area contributed by atoms with Gasteiger partial charge < -0.3 is 10.1 Å². The van der Waals surface area contributed by atoms with E-state index in [0.717, 1.165) is 39.2 Å². The van der Waals surface area contributed by atoms with Gasteiger partial charge in [0.05, 0.1) is 28.0 Å². The second-order valence-electron chi connectivity index (χ2n) is 9.20. The van der Waals surface area contributed by atoms with Crippen molar-refractivity contribution in [2.75, 3.05) is 11.9 Å². The maximum absolute atomic E-state index is 12.7. The number of nitrogens with zero attached hydrogens (tertiary/aromatic N) is 3. The predicted octanol–water partition coefficient (Wildman–Crippen LogP) is 6.08. The Kier molecular flexibility index (Phi) is 6.91. The number of aryl methyl sites for hydroxylation is 3.